The summed E-state index contributed by atoms with van der Waals surface area (Å²) in [5.74, 6) is -1.87. The summed E-state index contributed by atoms with van der Waals surface area (Å²) in [5, 5.41) is 0. The van der Waals surface area contributed by atoms with Gasteiger partial charge in [-0.2, -0.15) is 0 Å². The molecule has 0 bridgehead atoms. The molecule has 9 nitrogen and oxygen atoms in total. The van der Waals surface area contributed by atoms with Gasteiger partial charge in [0.15, 0.2) is 5.78 Å². The van der Waals surface area contributed by atoms with E-state index in [1.165, 1.54) is 18.2 Å². The number of ketones is 1. The van der Waals surface area contributed by atoms with E-state index in [-0.39, 0.29) is 31.0 Å². The topological polar surface area (TPSA) is 133 Å². The fraction of sp³-hybridized carbons (Fsp3) is 0.429. The molecule has 1 aliphatic rings. The summed E-state index contributed by atoms with van der Waals surface area (Å²) in [4.78, 5) is 52.2. The quantitative estimate of drug-likeness (QED) is 0.607. The van der Waals surface area contributed by atoms with Crippen LogP contribution in [0.4, 0.5) is 10.2 Å². The van der Waals surface area contributed by atoms with Crippen LogP contribution in [0.3, 0.4) is 0 Å². The van der Waals surface area contributed by atoms with Crippen molar-refractivity contribution in [3.05, 3.63) is 62.0 Å². The molecule has 0 spiro atoms. The van der Waals surface area contributed by atoms with Crippen LogP contribution in [0.15, 0.2) is 33.9 Å². The van der Waals surface area contributed by atoms with Crippen LogP contribution in [-0.2, 0) is 17.9 Å². The van der Waals surface area contributed by atoms with E-state index in [1.54, 1.807) is 17.9 Å². The molecule has 4 N–H and O–H groups in total. The van der Waals surface area contributed by atoms with Gasteiger partial charge in [-0.3, -0.25) is 28.4 Å². The number of piperidine rings is 1. The number of hydrogen-bond acceptors (Lipinski definition) is 6. The molecule has 0 aliphatic carbocycles. The third kappa shape index (κ3) is 4.58. The molecule has 1 unspecified atom stereocenters. The number of nitrogens with zero attached hydrogens (tertiary/aromatic N) is 3. The van der Waals surface area contributed by atoms with Crippen molar-refractivity contribution in [2.75, 3.05) is 18.8 Å². The average molecular weight is 431 g/mol. The lowest BCUT2D eigenvalue weighted by molar-refractivity contribution is -0.124. The Morgan fingerprint density at radius 3 is 2.58 bits per heavy atom. The molecular weight excluding hydrogens is 405 g/mol. The molecule has 1 saturated heterocycles. The highest BCUT2D eigenvalue weighted by molar-refractivity contribution is 6.01. The van der Waals surface area contributed by atoms with Gasteiger partial charge in [0, 0.05) is 6.54 Å². The van der Waals surface area contributed by atoms with Gasteiger partial charge in [-0.15, -0.1) is 0 Å². The Morgan fingerprint density at radius 1 is 1.19 bits per heavy atom. The van der Waals surface area contributed by atoms with Gasteiger partial charge >= 0.3 is 5.69 Å². The number of Topliss-reactive ketones (excluding diaryl/α,β-unsaturated/α-hetero) is 1. The van der Waals surface area contributed by atoms with Crippen molar-refractivity contribution in [3.8, 4) is 0 Å². The normalized spacial score (nSPS) is 16.9. The van der Waals surface area contributed by atoms with Crippen LogP contribution in [0.25, 0.3) is 0 Å². The van der Waals surface area contributed by atoms with E-state index in [4.69, 9.17) is 11.5 Å². The number of carbonyl (C=O) groups excluding carboxylic acids is 2. The number of halogens is 1. The lowest BCUT2D eigenvalue weighted by Crippen LogP contribution is -2.51. The molecule has 31 heavy (non-hydrogen) atoms. The van der Waals surface area contributed by atoms with Crippen LogP contribution in [0.2, 0.25) is 0 Å². The second-order valence-corrected chi connectivity index (χ2v) is 7.62. The predicted molar refractivity (Wildman–Crippen MR) is 113 cm³/mol. The maximum Gasteiger partial charge on any atom is 0.332 e. The van der Waals surface area contributed by atoms with Crippen LogP contribution < -0.4 is 22.7 Å². The molecule has 1 aliphatic heterocycles. The highest BCUT2D eigenvalue weighted by Crippen LogP contribution is 2.18. The van der Waals surface area contributed by atoms with Crippen LogP contribution >= 0.6 is 0 Å². The molecule has 166 valence electrons. The molecule has 1 aromatic carbocycles. The standard InChI is InChI=1S/C21H26FN5O4/c1-2-26-20(30)17(16(28)12-25-9-4-3-8-15(25)19(24)29)18(23)27(21(26)31)11-13-6-5-7-14(22)10-13/h5-7,10,15H,2-4,8-9,11-12,23H2,1H3,(H2,24,29). The van der Waals surface area contributed by atoms with Gasteiger partial charge in [-0.1, -0.05) is 18.6 Å². The number of rotatable bonds is 7. The third-order valence-corrected chi connectivity index (χ3v) is 5.58. The van der Waals surface area contributed by atoms with E-state index in [0.717, 1.165) is 22.0 Å². The van der Waals surface area contributed by atoms with Crippen molar-refractivity contribution >= 4 is 17.5 Å². The largest absolute Gasteiger partial charge is 0.384 e. The minimum Gasteiger partial charge on any atom is -0.384 e. The molecule has 0 radical (unpaired) electrons. The van der Waals surface area contributed by atoms with Gasteiger partial charge in [-0.05, 0) is 44.0 Å². The summed E-state index contributed by atoms with van der Waals surface area (Å²) in [6.45, 7) is 1.82. The highest BCUT2D eigenvalue weighted by atomic mass is 19.1. The first-order chi connectivity index (χ1) is 14.7. The van der Waals surface area contributed by atoms with E-state index in [0.29, 0.717) is 18.5 Å². The summed E-state index contributed by atoms with van der Waals surface area (Å²) in [6, 6.07) is 5.04. The molecule has 2 heterocycles. The van der Waals surface area contributed by atoms with E-state index in [9.17, 15) is 23.6 Å². The van der Waals surface area contributed by atoms with Gasteiger partial charge in [-0.25, -0.2) is 9.18 Å². The van der Waals surface area contributed by atoms with Gasteiger partial charge in [0.05, 0.1) is 19.1 Å². The Bertz CT molecular complexity index is 1120. The van der Waals surface area contributed by atoms with Crippen molar-refractivity contribution < 1.29 is 14.0 Å². The molecule has 2 aromatic rings. The second-order valence-electron chi connectivity index (χ2n) is 7.62. The molecule has 1 atom stereocenters. The molecule has 1 fully saturated rings. The molecule has 10 heteroatoms. The van der Waals surface area contributed by atoms with Crippen LogP contribution in [-0.4, -0.2) is 44.9 Å². The predicted octanol–water partition coefficient (Wildman–Crippen LogP) is 0.322. The number of nitrogen functional groups attached to an aromatic ring is 1. The monoisotopic (exact) mass is 431 g/mol. The Labute approximate surface area is 178 Å². The van der Waals surface area contributed by atoms with Crippen molar-refractivity contribution in [2.24, 2.45) is 5.73 Å². The zero-order valence-electron chi connectivity index (χ0n) is 17.3. The van der Waals surface area contributed by atoms with E-state index in [1.807, 2.05) is 0 Å². The number of likely N-dealkylation sites (tertiary alicyclic amines) is 1. The minimum atomic E-state index is -0.780. The minimum absolute atomic E-state index is 0.0367. The van der Waals surface area contributed by atoms with Gasteiger partial charge in [0.2, 0.25) is 5.91 Å². The first-order valence-electron chi connectivity index (χ1n) is 10.2. The summed E-state index contributed by atoms with van der Waals surface area (Å²) in [6.07, 6.45) is 2.16. The lowest BCUT2D eigenvalue weighted by atomic mass is 10.0. The van der Waals surface area contributed by atoms with Gasteiger partial charge in [0.1, 0.15) is 17.2 Å². The smallest absolute Gasteiger partial charge is 0.332 e. The van der Waals surface area contributed by atoms with Crippen molar-refractivity contribution in [2.45, 2.75) is 45.3 Å². The maximum atomic E-state index is 13.6. The Hall–Kier alpha value is -3.27. The SMILES string of the molecule is CCn1c(=O)c(C(=O)CN2CCCCC2C(N)=O)c(N)n(Cc2cccc(F)c2)c1=O. The number of primary amides is 1. The summed E-state index contributed by atoms with van der Waals surface area (Å²) in [5.41, 5.74) is 10.3. The first kappa shape index (κ1) is 22.4. The van der Waals surface area contributed by atoms with Gasteiger partial charge < -0.3 is 11.5 Å². The Balaban J connectivity index is 2.03. The molecule has 1 amide bonds. The number of carbonyl (C=O) groups is 2. The third-order valence-electron chi connectivity index (χ3n) is 5.58. The van der Waals surface area contributed by atoms with Crippen molar-refractivity contribution in [1.29, 1.82) is 0 Å². The maximum absolute atomic E-state index is 13.6. The van der Waals surface area contributed by atoms with E-state index >= 15 is 0 Å². The fourth-order valence-electron chi connectivity index (χ4n) is 3.99. The number of benzene rings is 1. The van der Waals surface area contributed by atoms with Crippen LogP contribution in [0, 0.1) is 5.82 Å². The number of aromatic nitrogens is 2. The average Bonchev–Trinajstić information content (AvgIpc) is 2.72. The van der Waals surface area contributed by atoms with Crippen LogP contribution in [0.1, 0.15) is 42.1 Å². The number of hydrogen-bond donors (Lipinski definition) is 2. The zero-order valence-corrected chi connectivity index (χ0v) is 17.3. The van der Waals surface area contributed by atoms with E-state index < -0.39 is 34.8 Å². The summed E-state index contributed by atoms with van der Waals surface area (Å²) < 4.78 is 15.6. The Morgan fingerprint density at radius 2 is 1.94 bits per heavy atom. The zero-order chi connectivity index (χ0) is 22.7. The number of amides is 1. The van der Waals surface area contributed by atoms with E-state index in [2.05, 4.69) is 0 Å². The van der Waals surface area contributed by atoms with Gasteiger partial charge in [0.25, 0.3) is 5.56 Å². The summed E-state index contributed by atoms with van der Waals surface area (Å²) in [7, 11) is 0. The number of nitrogens with two attached hydrogens (primary N) is 2. The second kappa shape index (κ2) is 9.25. The lowest BCUT2D eigenvalue weighted by Gasteiger charge is -2.33. The molecule has 3 rings (SSSR count). The number of anilines is 1. The fourth-order valence-corrected chi connectivity index (χ4v) is 3.99. The summed E-state index contributed by atoms with van der Waals surface area (Å²) >= 11 is 0. The Kier molecular flexibility index (Phi) is 6.69. The molecule has 0 saturated carbocycles. The van der Waals surface area contributed by atoms with Crippen LogP contribution in [0.5, 0.6) is 0 Å². The molecule has 1 aromatic heterocycles. The molecular formula is C21H26FN5O4. The van der Waals surface area contributed by atoms with Crippen molar-refractivity contribution in [3.63, 3.8) is 0 Å². The first-order valence-corrected chi connectivity index (χ1v) is 10.2. The van der Waals surface area contributed by atoms with Crippen molar-refractivity contribution in [1.82, 2.24) is 14.0 Å². The highest BCUT2D eigenvalue weighted by Gasteiger charge is 2.31.